The second kappa shape index (κ2) is 10.3. The average Bonchev–Trinajstić information content (AvgIpc) is 3.12. The molecule has 7 nitrogen and oxygen atoms in total. The molecule has 1 N–H and O–H groups in total. The Morgan fingerprint density at radius 2 is 1.73 bits per heavy atom. The number of nitrogens with zero attached hydrogens (tertiary/aromatic N) is 2. The van der Waals surface area contributed by atoms with E-state index in [1.807, 2.05) is 19.2 Å². The van der Waals surface area contributed by atoms with E-state index in [-0.39, 0.29) is 11.5 Å². The van der Waals surface area contributed by atoms with Crippen molar-refractivity contribution < 1.29 is 27.2 Å². The third-order valence-corrected chi connectivity index (χ3v) is 5.45. The normalized spacial score (nSPS) is 15.9. The van der Waals surface area contributed by atoms with E-state index in [0.29, 0.717) is 19.6 Å². The molecule has 0 bridgehead atoms. The molecular formula is C23H28F3N3O4. The number of halogens is 3. The minimum atomic E-state index is -4.84. The first-order valence-electron chi connectivity index (χ1n) is 11.0. The van der Waals surface area contributed by atoms with E-state index >= 15 is 0 Å². The summed E-state index contributed by atoms with van der Waals surface area (Å²) in [5.74, 6) is -2.13. The Morgan fingerprint density at radius 1 is 1.09 bits per heavy atom. The zero-order chi connectivity index (χ0) is 24.2. The van der Waals surface area contributed by atoms with Gasteiger partial charge in [0.2, 0.25) is 5.43 Å². The fraction of sp³-hybridized carbons (Fsp3) is 0.522. The van der Waals surface area contributed by atoms with Gasteiger partial charge in [0, 0.05) is 32.0 Å². The molecular weight excluding hydrogens is 439 g/mol. The van der Waals surface area contributed by atoms with Crippen LogP contribution in [-0.4, -0.2) is 40.5 Å². The molecule has 1 fully saturated rings. The van der Waals surface area contributed by atoms with E-state index in [9.17, 15) is 27.6 Å². The molecule has 0 saturated carbocycles. The number of carbonyl (C=O) groups is 2. The fourth-order valence-electron chi connectivity index (χ4n) is 3.90. The average molecular weight is 467 g/mol. The predicted molar refractivity (Wildman–Crippen MR) is 115 cm³/mol. The zero-order valence-corrected chi connectivity index (χ0v) is 18.7. The molecule has 0 spiro atoms. The molecule has 2 aromatic rings. The molecule has 33 heavy (non-hydrogen) atoms. The number of rotatable bonds is 6. The Morgan fingerprint density at radius 3 is 2.27 bits per heavy atom. The number of carbonyl (C=O) groups excluding carboxylic acids is 2. The van der Waals surface area contributed by atoms with Crippen molar-refractivity contribution in [2.24, 2.45) is 5.92 Å². The predicted octanol–water partition coefficient (Wildman–Crippen LogP) is 4.15. The van der Waals surface area contributed by atoms with E-state index in [1.54, 1.807) is 4.90 Å². The number of hydrogen-bond acceptors (Lipinski definition) is 4. The van der Waals surface area contributed by atoms with E-state index in [1.165, 1.54) is 23.0 Å². The van der Waals surface area contributed by atoms with Crippen molar-refractivity contribution in [2.75, 3.05) is 13.1 Å². The van der Waals surface area contributed by atoms with Crippen LogP contribution in [0.1, 0.15) is 72.0 Å². The number of hydrogen-bond donors (Lipinski definition) is 1. The summed E-state index contributed by atoms with van der Waals surface area (Å²) in [4.78, 5) is 40.7. The molecule has 2 amide bonds. The number of amides is 2. The topological polar surface area (TPSA) is 84.5 Å². The highest BCUT2D eigenvalue weighted by Gasteiger charge is 2.44. The molecule has 1 unspecified atom stereocenters. The first kappa shape index (κ1) is 24.6. The van der Waals surface area contributed by atoms with Crippen molar-refractivity contribution in [3.63, 3.8) is 0 Å². The van der Waals surface area contributed by atoms with Crippen LogP contribution >= 0.6 is 0 Å². The van der Waals surface area contributed by atoms with Crippen molar-refractivity contribution in [3.05, 3.63) is 57.9 Å². The highest BCUT2D eigenvalue weighted by atomic mass is 19.4. The maximum absolute atomic E-state index is 13.6. The first-order chi connectivity index (χ1) is 15.6. The number of alkyl halides is 3. The van der Waals surface area contributed by atoms with Gasteiger partial charge in [-0.25, -0.2) is 0 Å². The van der Waals surface area contributed by atoms with Crippen LogP contribution in [-0.2, 0) is 6.54 Å². The fourth-order valence-corrected chi connectivity index (χ4v) is 3.90. The highest BCUT2D eigenvalue weighted by Crippen LogP contribution is 2.33. The van der Waals surface area contributed by atoms with Crippen LogP contribution in [0.15, 0.2) is 40.0 Å². The van der Waals surface area contributed by atoms with Gasteiger partial charge >= 0.3 is 6.18 Å². The van der Waals surface area contributed by atoms with Gasteiger partial charge in [-0.3, -0.25) is 14.4 Å². The van der Waals surface area contributed by atoms with Crippen LogP contribution in [0.5, 0.6) is 0 Å². The molecule has 0 aliphatic carbocycles. The van der Waals surface area contributed by atoms with Gasteiger partial charge in [0.1, 0.15) is 16.9 Å². The lowest BCUT2D eigenvalue weighted by Gasteiger charge is -2.22. The third-order valence-electron chi connectivity index (χ3n) is 5.45. The smallest absolute Gasteiger partial charge is 0.415 e. The molecule has 2 aromatic heterocycles. The van der Waals surface area contributed by atoms with Crippen LogP contribution in [0.4, 0.5) is 13.2 Å². The number of nitrogens with one attached hydrogen (secondary N) is 1. The second-order valence-corrected chi connectivity index (χ2v) is 8.68. The van der Waals surface area contributed by atoms with Gasteiger partial charge in [0.15, 0.2) is 6.04 Å². The van der Waals surface area contributed by atoms with Crippen molar-refractivity contribution >= 4 is 11.8 Å². The van der Waals surface area contributed by atoms with Crippen molar-refractivity contribution in [1.29, 1.82) is 0 Å². The molecule has 3 heterocycles. The third kappa shape index (κ3) is 6.06. The maximum Gasteiger partial charge on any atom is 0.415 e. The molecule has 1 saturated heterocycles. The van der Waals surface area contributed by atoms with Crippen molar-refractivity contribution in [2.45, 2.75) is 58.3 Å². The number of pyridine rings is 1. The summed E-state index contributed by atoms with van der Waals surface area (Å²) < 4.78 is 47.1. The van der Waals surface area contributed by atoms with Crippen LogP contribution < -0.4 is 10.7 Å². The lowest BCUT2D eigenvalue weighted by Crippen LogP contribution is -2.42. The SMILES string of the molecule is CC(C)Cn1cc(C(=O)NC(c2ccco2)C(F)(F)F)c(=O)c(C(=O)N2CCCCCC2)c1. The van der Waals surface area contributed by atoms with Gasteiger partial charge in [-0.15, -0.1) is 0 Å². The maximum atomic E-state index is 13.6. The summed E-state index contributed by atoms with van der Waals surface area (Å²) in [6.45, 7) is 5.18. The van der Waals surface area contributed by atoms with Crippen LogP contribution in [0, 0.1) is 5.92 Å². The molecule has 0 radical (unpaired) electrons. The molecule has 1 aliphatic heterocycles. The van der Waals surface area contributed by atoms with Crippen molar-refractivity contribution in [1.82, 2.24) is 14.8 Å². The van der Waals surface area contributed by atoms with Crippen LogP contribution in [0.25, 0.3) is 0 Å². The summed E-state index contributed by atoms with van der Waals surface area (Å²) in [5, 5.41) is 1.86. The van der Waals surface area contributed by atoms with Gasteiger partial charge in [0.05, 0.1) is 6.26 Å². The van der Waals surface area contributed by atoms with E-state index < -0.39 is 40.8 Å². The van der Waals surface area contributed by atoms with E-state index in [4.69, 9.17) is 4.42 Å². The standard InChI is InChI=1S/C23H28F3N3O4/c1-15(2)12-28-13-16(21(31)27-20(23(24,25)26)18-8-7-11-33-18)19(30)17(14-28)22(32)29-9-5-3-4-6-10-29/h7-8,11,13-15,20H,3-6,9-10,12H2,1-2H3,(H,27,31). The van der Waals surface area contributed by atoms with Gasteiger partial charge in [0.25, 0.3) is 11.8 Å². The Hall–Kier alpha value is -3.04. The minimum absolute atomic E-state index is 0.107. The molecule has 180 valence electrons. The zero-order valence-electron chi connectivity index (χ0n) is 18.7. The molecule has 1 aliphatic rings. The van der Waals surface area contributed by atoms with Gasteiger partial charge in [-0.05, 0) is 30.9 Å². The summed E-state index contributed by atoms with van der Waals surface area (Å²) in [6, 6.07) is -0.0617. The lowest BCUT2D eigenvalue weighted by atomic mass is 10.1. The second-order valence-electron chi connectivity index (χ2n) is 8.68. The monoisotopic (exact) mass is 467 g/mol. The number of likely N-dealkylation sites (tertiary alicyclic amines) is 1. The van der Waals surface area contributed by atoms with Crippen LogP contribution in [0.3, 0.4) is 0 Å². The molecule has 3 rings (SSSR count). The largest absolute Gasteiger partial charge is 0.467 e. The Bertz CT molecular complexity index is 1020. The summed E-state index contributed by atoms with van der Waals surface area (Å²) in [6.07, 6.45) is 2.39. The summed E-state index contributed by atoms with van der Waals surface area (Å²) in [7, 11) is 0. The Balaban J connectivity index is 1.99. The lowest BCUT2D eigenvalue weighted by molar-refractivity contribution is -0.159. The van der Waals surface area contributed by atoms with E-state index in [0.717, 1.165) is 38.0 Å². The minimum Gasteiger partial charge on any atom is -0.467 e. The number of aromatic nitrogens is 1. The first-order valence-corrected chi connectivity index (χ1v) is 11.0. The molecule has 1 atom stereocenters. The quantitative estimate of drug-likeness (QED) is 0.692. The van der Waals surface area contributed by atoms with Gasteiger partial charge < -0.3 is 19.2 Å². The van der Waals surface area contributed by atoms with Crippen molar-refractivity contribution in [3.8, 4) is 0 Å². The number of furan rings is 1. The molecule has 0 aromatic carbocycles. The van der Waals surface area contributed by atoms with Gasteiger partial charge in [-0.2, -0.15) is 13.2 Å². The summed E-state index contributed by atoms with van der Waals surface area (Å²) in [5.41, 5.74) is -1.62. The Labute approximate surface area is 189 Å². The highest BCUT2D eigenvalue weighted by molar-refractivity contribution is 5.99. The summed E-state index contributed by atoms with van der Waals surface area (Å²) >= 11 is 0. The molecule has 10 heteroatoms. The van der Waals surface area contributed by atoms with E-state index in [2.05, 4.69) is 0 Å². The Kier molecular flexibility index (Phi) is 7.65. The van der Waals surface area contributed by atoms with Crippen LogP contribution in [0.2, 0.25) is 0 Å². The van der Waals surface area contributed by atoms with Gasteiger partial charge in [-0.1, -0.05) is 26.7 Å².